The molecule has 0 radical (unpaired) electrons. The van der Waals surface area contributed by atoms with E-state index in [1.165, 1.54) is 10.5 Å². The number of nitrogens with zero attached hydrogens (tertiary/aromatic N) is 2. The summed E-state index contributed by atoms with van der Waals surface area (Å²) in [6.07, 6.45) is 0.962. The Bertz CT molecular complexity index is 783. The first-order valence-electron chi connectivity index (χ1n) is 8.60. The third kappa shape index (κ3) is 4.29. The van der Waals surface area contributed by atoms with Gasteiger partial charge in [0.2, 0.25) is 5.91 Å². The highest BCUT2D eigenvalue weighted by atomic mass is 16.5. The van der Waals surface area contributed by atoms with Crippen LogP contribution in [0.25, 0.3) is 11.3 Å². The standard InChI is InChI=1S/C19H22N2O5/c1-12-3-5-14(6-4-12)15-9-20-17(26-15)7-8-18(22)21-10-13(2)25-16(11-21)19(23)24/h3-6,9,13,16H,7-8,10-11H2,1-2H3,(H,23,24)/t13-,16?/m1/s1. The molecule has 2 aromatic rings. The van der Waals surface area contributed by atoms with Crippen molar-refractivity contribution in [1.29, 1.82) is 0 Å². The molecular weight excluding hydrogens is 336 g/mol. The van der Waals surface area contributed by atoms with Crippen molar-refractivity contribution in [3.63, 3.8) is 0 Å². The van der Waals surface area contributed by atoms with Crippen LogP contribution in [0.15, 0.2) is 34.9 Å². The molecule has 1 N–H and O–H groups in total. The number of benzene rings is 1. The molecule has 7 nitrogen and oxygen atoms in total. The van der Waals surface area contributed by atoms with Gasteiger partial charge in [-0.25, -0.2) is 9.78 Å². The van der Waals surface area contributed by atoms with Gasteiger partial charge in [-0.05, 0) is 13.8 Å². The lowest BCUT2D eigenvalue weighted by molar-refractivity contribution is -0.166. The van der Waals surface area contributed by atoms with E-state index in [9.17, 15) is 9.59 Å². The quantitative estimate of drug-likeness (QED) is 0.881. The fourth-order valence-corrected chi connectivity index (χ4v) is 2.94. The Morgan fingerprint density at radius 3 is 2.69 bits per heavy atom. The summed E-state index contributed by atoms with van der Waals surface area (Å²) in [5.74, 6) is -0.0188. The van der Waals surface area contributed by atoms with E-state index < -0.39 is 12.1 Å². The lowest BCUT2D eigenvalue weighted by atomic mass is 10.1. The van der Waals surface area contributed by atoms with Crippen molar-refractivity contribution in [3.8, 4) is 11.3 Å². The van der Waals surface area contributed by atoms with Crippen LogP contribution in [0, 0.1) is 6.92 Å². The molecule has 26 heavy (non-hydrogen) atoms. The van der Waals surface area contributed by atoms with Crippen LogP contribution in [0.3, 0.4) is 0 Å². The van der Waals surface area contributed by atoms with Crippen molar-refractivity contribution in [2.24, 2.45) is 0 Å². The number of aliphatic carboxylic acids is 1. The molecule has 1 unspecified atom stereocenters. The number of carbonyl (C=O) groups is 2. The highest BCUT2D eigenvalue weighted by molar-refractivity contribution is 5.79. The predicted octanol–water partition coefficient (Wildman–Crippen LogP) is 2.28. The summed E-state index contributed by atoms with van der Waals surface area (Å²) in [7, 11) is 0. The number of aromatic nitrogens is 1. The van der Waals surface area contributed by atoms with E-state index in [0.29, 0.717) is 24.6 Å². The first kappa shape index (κ1) is 18.1. The number of carboxylic acids is 1. The number of aryl methyl sites for hydroxylation is 2. The molecule has 7 heteroatoms. The Morgan fingerprint density at radius 1 is 1.27 bits per heavy atom. The number of carbonyl (C=O) groups excluding carboxylic acids is 1. The van der Waals surface area contributed by atoms with Crippen molar-refractivity contribution in [3.05, 3.63) is 41.9 Å². The normalized spacial score (nSPS) is 20.2. The molecule has 138 valence electrons. The number of rotatable bonds is 5. The van der Waals surface area contributed by atoms with Crippen LogP contribution in [0.1, 0.15) is 24.8 Å². The minimum absolute atomic E-state index is 0.0682. The molecule has 2 heterocycles. The summed E-state index contributed by atoms with van der Waals surface area (Å²) in [6, 6.07) is 7.93. The van der Waals surface area contributed by atoms with E-state index >= 15 is 0 Å². The van der Waals surface area contributed by atoms with Gasteiger partial charge in [0.05, 0.1) is 18.8 Å². The molecule has 1 aromatic heterocycles. The van der Waals surface area contributed by atoms with Gasteiger partial charge in [0.15, 0.2) is 17.8 Å². The van der Waals surface area contributed by atoms with Gasteiger partial charge in [-0.1, -0.05) is 29.8 Å². The summed E-state index contributed by atoms with van der Waals surface area (Å²) in [6.45, 7) is 4.24. The minimum atomic E-state index is -1.05. The maximum absolute atomic E-state index is 12.4. The predicted molar refractivity (Wildman–Crippen MR) is 93.5 cm³/mol. The second kappa shape index (κ2) is 7.70. The summed E-state index contributed by atoms with van der Waals surface area (Å²) in [5, 5.41) is 9.10. The summed E-state index contributed by atoms with van der Waals surface area (Å²) in [5.41, 5.74) is 2.10. The average molecular weight is 358 g/mol. The van der Waals surface area contributed by atoms with Gasteiger partial charge in [-0.2, -0.15) is 0 Å². The third-order valence-electron chi connectivity index (χ3n) is 4.33. The maximum atomic E-state index is 12.4. The van der Waals surface area contributed by atoms with E-state index in [2.05, 4.69) is 4.98 Å². The van der Waals surface area contributed by atoms with Gasteiger partial charge >= 0.3 is 5.97 Å². The average Bonchev–Trinajstić information content (AvgIpc) is 3.08. The van der Waals surface area contributed by atoms with E-state index in [1.807, 2.05) is 31.2 Å². The van der Waals surface area contributed by atoms with Crippen molar-refractivity contribution in [2.45, 2.75) is 38.9 Å². The molecule has 1 aromatic carbocycles. The molecule has 0 aliphatic carbocycles. The molecule has 1 aliphatic rings. The summed E-state index contributed by atoms with van der Waals surface area (Å²) in [4.78, 5) is 29.3. The van der Waals surface area contributed by atoms with E-state index in [0.717, 1.165) is 5.56 Å². The first-order valence-corrected chi connectivity index (χ1v) is 8.60. The Kier molecular flexibility index (Phi) is 5.37. The number of amides is 1. The summed E-state index contributed by atoms with van der Waals surface area (Å²) >= 11 is 0. The van der Waals surface area contributed by atoms with Gasteiger partial charge in [-0.3, -0.25) is 4.79 Å². The van der Waals surface area contributed by atoms with Gasteiger partial charge in [0, 0.05) is 24.9 Å². The number of hydrogen-bond acceptors (Lipinski definition) is 5. The molecule has 2 atom stereocenters. The molecule has 1 fully saturated rings. The Balaban J connectivity index is 1.58. The van der Waals surface area contributed by atoms with Gasteiger partial charge in [0.1, 0.15) is 0 Å². The number of oxazole rings is 1. The second-order valence-corrected chi connectivity index (χ2v) is 6.56. The van der Waals surface area contributed by atoms with Crippen LogP contribution in [0.2, 0.25) is 0 Å². The zero-order valence-corrected chi connectivity index (χ0v) is 14.8. The first-order chi connectivity index (χ1) is 12.4. The molecule has 1 amide bonds. The van der Waals surface area contributed by atoms with Crippen molar-refractivity contribution in [2.75, 3.05) is 13.1 Å². The minimum Gasteiger partial charge on any atom is -0.479 e. The second-order valence-electron chi connectivity index (χ2n) is 6.56. The molecule has 0 saturated carbocycles. The van der Waals surface area contributed by atoms with Crippen LogP contribution in [0.5, 0.6) is 0 Å². The largest absolute Gasteiger partial charge is 0.479 e. The highest BCUT2D eigenvalue weighted by Gasteiger charge is 2.32. The van der Waals surface area contributed by atoms with Crippen LogP contribution >= 0.6 is 0 Å². The zero-order chi connectivity index (χ0) is 18.7. The van der Waals surface area contributed by atoms with Crippen LogP contribution in [-0.4, -0.2) is 52.2 Å². The van der Waals surface area contributed by atoms with Gasteiger partial charge < -0.3 is 19.2 Å². The number of morpholine rings is 1. The van der Waals surface area contributed by atoms with E-state index in [4.69, 9.17) is 14.3 Å². The lowest BCUT2D eigenvalue weighted by Crippen LogP contribution is -2.51. The third-order valence-corrected chi connectivity index (χ3v) is 4.33. The number of ether oxygens (including phenoxy) is 1. The monoisotopic (exact) mass is 358 g/mol. The molecule has 0 bridgehead atoms. The number of hydrogen-bond donors (Lipinski definition) is 1. The lowest BCUT2D eigenvalue weighted by Gasteiger charge is -2.34. The highest BCUT2D eigenvalue weighted by Crippen LogP contribution is 2.21. The number of carboxylic acid groups (broad SMARTS) is 1. The smallest absolute Gasteiger partial charge is 0.334 e. The topological polar surface area (TPSA) is 92.9 Å². The maximum Gasteiger partial charge on any atom is 0.334 e. The summed E-state index contributed by atoms with van der Waals surface area (Å²) < 4.78 is 11.1. The molecule has 3 rings (SSSR count). The van der Waals surface area contributed by atoms with Crippen molar-refractivity contribution >= 4 is 11.9 Å². The Morgan fingerprint density at radius 2 is 2.00 bits per heavy atom. The van der Waals surface area contributed by atoms with Gasteiger partial charge in [-0.15, -0.1) is 0 Å². The molecule has 1 aliphatic heterocycles. The zero-order valence-electron chi connectivity index (χ0n) is 14.8. The Labute approximate surface area is 151 Å². The Hall–Kier alpha value is -2.67. The molecule has 0 spiro atoms. The fourth-order valence-electron chi connectivity index (χ4n) is 2.94. The fraction of sp³-hybridized carbons (Fsp3) is 0.421. The SMILES string of the molecule is Cc1ccc(-c2cnc(CCC(=O)N3CC(C(=O)O)O[C@H](C)C3)o2)cc1. The van der Waals surface area contributed by atoms with Crippen molar-refractivity contribution in [1.82, 2.24) is 9.88 Å². The van der Waals surface area contributed by atoms with E-state index in [-0.39, 0.29) is 25.0 Å². The van der Waals surface area contributed by atoms with E-state index in [1.54, 1.807) is 13.1 Å². The van der Waals surface area contributed by atoms with Gasteiger partial charge in [0.25, 0.3) is 0 Å². The van der Waals surface area contributed by atoms with Crippen LogP contribution < -0.4 is 0 Å². The molecule has 1 saturated heterocycles. The van der Waals surface area contributed by atoms with Crippen LogP contribution in [-0.2, 0) is 20.7 Å². The van der Waals surface area contributed by atoms with Crippen molar-refractivity contribution < 1.29 is 23.8 Å². The van der Waals surface area contributed by atoms with Crippen LogP contribution in [0.4, 0.5) is 0 Å². The molecular formula is C19H22N2O5.